The third-order valence-electron chi connectivity index (χ3n) is 3.89. The first kappa shape index (κ1) is 13.8. The fraction of sp³-hybridized carbons (Fsp3) is 0.917. The third kappa shape index (κ3) is 3.36. The van der Waals surface area contributed by atoms with Crippen molar-refractivity contribution >= 4 is 18.3 Å². The van der Waals surface area contributed by atoms with Gasteiger partial charge in [0.05, 0.1) is 5.92 Å². The van der Waals surface area contributed by atoms with Crippen LogP contribution in [0.15, 0.2) is 0 Å². The Bertz CT molecular complexity index is 253. The van der Waals surface area contributed by atoms with Crippen LogP contribution >= 0.6 is 12.4 Å². The Labute approximate surface area is 104 Å². The highest BCUT2D eigenvalue weighted by Gasteiger charge is 2.38. The van der Waals surface area contributed by atoms with Gasteiger partial charge in [-0.05, 0) is 44.6 Å². The number of nitrogens with one attached hydrogen (secondary N) is 2. The molecule has 4 heteroatoms. The summed E-state index contributed by atoms with van der Waals surface area (Å²) in [6.45, 7) is 6.29. The Hall–Kier alpha value is -0.280. The Morgan fingerprint density at radius 2 is 2.19 bits per heavy atom. The summed E-state index contributed by atoms with van der Waals surface area (Å²) in [5, 5.41) is 6.47. The van der Waals surface area contributed by atoms with Gasteiger partial charge in [0, 0.05) is 12.6 Å². The van der Waals surface area contributed by atoms with E-state index in [2.05, 4.69) is 24.5 Å². The van der Waals surface area contributed by atoms with Crippen LogP contribution in [0.25, 0.3) is 0 Å². The van der Waals surface area contributed by atoms with Gasteiger partial charge in [-0.3, -0.25) is 4.79 Å². The lowest BCUT2D eigenvalue weighted by atomic mass is 9.91. The van der Waals surface area contributed by atoms with Crippen LogP contribution < -0.4 is 10.6 Å². The molecule has 2 rings (SSSR count). The molecule has 2 aliphatic rings. The molecule has 0 unspecified atom stereocenters. The van der Waals surface area contributed by atoms with Crippen LogP contribution in [0.5, 0.6) is 0 Å². The summed E-state index contributed by atoms with van der Waals surface area (Å²) in [5.74, 6) is 0.434. The van der Waals surface area contributed by atoms with E-state index in [0.717, 1.165) is 25.9 Å². The van der Waals surface area contributed by atoms with Crippen molar-refractivity contribution in [1.82, 2.24) is 10.6 Å². The van der Waals surface area contributed by atoms with E-state index in [1.54, 1.807) is 0 Å². The minimum atomic E-state index is 0. The maximum absolute atomic E-state index is 11.9. The van der Waals surface area contributed by atoms with E-state index < -0.39 is 0 Å². The number of rotatable bonds is 3. The minimum Gasteiger partial charge on any atom is -0.355 e. The van der Waals surface area contributed by atoms with Crippen molar-refractivity contribution in [1.29, 1.82) is 0 Å². The zero-order valence-corrected chi connectivity index (χ0v) is 11.0. The van der Waals surface area contributed by atoms with E-state index in [-0.39, 0.29) is 24.2 Å². The Kier molecular flexibility index (Phi) is 4.62. The molecule has 2 atom stereocenters. The van der Waals surface area contributed by atoms with E-state index in [9.17, 15) is 4.79 Å². The molecule has 0 radical (unpaired) electrons. The summed E-state index contributed by atoms with van der Waals surface area (Å²) in [5.41, 5.74) is 0.418. The highest BCUT2D eigenvalue weighted by atomic mass is 35.5. The average Bonchev–Trinajstić information content (AvgIpc) is 2.95. The molecule has 1 heterocycles. The van der Waals surface area contributed by atoms with Gasteiger partial charge in [-0.15, -0.1) is 12.4 Å². The van der Waals surface area contributed by atoms with E-state index in [1.807, 2.05) is 0 Å². The van der Waals surface area contributed by atoms with Gasteiger partial charge in [0.2, 0.25) is 5.91 Å². The topological polar surface area (TPSA) is 41.1 Å². The van der Waals surface area contributed by atoms with Gasteiger partial charge in [-0.2, -0.15) is 0 Å². The lowest BCUT2D eigenvalue weighted by molar-refractivity contribution is -0.126. The first-order valence-electron chi connectivity index (χ1n) is 6.12. The average molecular weight is 247 g/mol. The van der Waals surface area contributed by atoms with Crippen molar-refractivity contribution in [3.8, 4) is 0 Å². The van der Waals surface area contributed by atoms with Crippen LogP contribution in [-0.4, -0.2) is 25.0 Å². The van der Waals surface area contributed by atoms with Gasteiger partial charge in [0.1, 0.15) is 0 Å². The first-order chi connectivity index (χ1) is 7.11. The van der Waals surface area contributed by atoms with Gasteiger partial charge in [-0.25, -0.2) is 0 Å². The van der Waals surface area contributed by atoms with E-state index in [0.29, 0.717) is 11.5 Å². The monoisotopic (exact) mass is 246 g/mol. The molecule has 0 aromatic carbocycles. The van der Waals surface area contributed by atoms with Crippen molar-refractivity contribution in [2.75, 3.05) is 13.1 Å². The number of carbonyl (C=O) groups excluding carboxylic acids is 1. The van der Waals surface area contributed by atoms with Gasteiger partial charge < -0.3 is 10.6 Å². The number of hydrogen-bond donors (Lipinski definition) is 2. The molecular weight excluding hydrogens is 224 g/mol. The molecular formula is C12H23ClN2O. The van der Waals surface area contributed by atoms with Crippen LogP contribution in [-0.2, 0) is 4.79 Å². The summed E-state index contributed by atoms with van der Waals surface area (Å²) in [6, 6.07) is 0.339. The molecule has 94 valence electrons. The van der Waals surface area contributed by atoms with Gasteiger partial charge >= 0.3 is 0 Å². The molecule has 2 fully saturated rings. The zero-order valence-electron chi connectivity index (χ0n) is 10.2. The Balaban J connectivity index is 0.00000128. The molecule has 1 amide bonds. The zero-order chi connectivity index (χ0) is 10.9. The molecule has 1 aliphatic heterocycles. The highest BCUT2D eigenvalue weighted by molar-refractivity contribution is 5.85. The minimum absolute atomic E-state index is 0. The summed E-state index contributed by atoms with van der Waals surface area (Å²) in [7, 11) is 0. The molecule has 1 saturated heterocycles. The molecule has 0 aromatic heterocycles. The molecule has 0 aromatic rings. The number of carbonyl (C=O) groups is 1. The predicted molar refractivity (Wildman–Crippen MR) is 67.8 cm³/mol. The lowest BCUT2D eigenvalue weighted by Crippen LogP contribution is -2.47. The Morgan fingerprint density at radius 3 is 2.75 bits per heavy atom. The lowest BCUT2D eigenvalue weighted by Gasteiger charge is -2.29. The van der Waals surface area contributed by atoms with Crippen LogP contribution in [0, 0.1) is 11.3 Å². The van der Waals surface area contributed by atoms with E-state index >= 15 is 0 Å². The second-order valence-corrected chi connectivity index (χ2v) is 5.52. The Morgan fingerprint density at radius 1 is 1.50 bits per heavy atom. The summed E-state index contributed by atoms with van der Waals surface area (Å²) >= 11 is 0. The molecule has 0 bridgehead atoms. The first-order valence-corrected chi connectivity index (χ1v) is 6.12. The quantitative estimate of drug-likeness (QED) is 0.796. The molecule has 1 aliphatic carbocycles. The number of halogens is 1. The molecule has 0 spiro atoms. The maximum Gasteiger partial charge on any atom is 0.224 e. The van der Waals surface area contributed by atoms with Gasteiger partial charge in [0.15, 0.2) is 0 Å². The van der Waals surface area contributed by atoms with Gasteiger partial charge in [-0.1, -0.05) is 6.92 Å². The summed E-state index contributed by atoms with van der Waals surface area (Å²) < 4.78 is 0. The van der Waals surface area contributed by atoms with Crippen LogP contribution in [0.1, 0.15) is 39.5 Å². The molecule has 3 nitrogen and oxygen atoms in total. The molecule has 2 N–H and O–H groups in total. The van der Waals surface area contributed by atoms with Crippen molar-refractivity contribution < 1.29 is 4.79 Å². The largest absolute Gasteiger partial charge is 0.355 e. The van der Waals surface area contributed by atoms with Crippen LogP contribution in [0.4, 0.5) is 0 Å². The number of hydrogen-bond acceptors (Lipinski definition) is 2. The maximum atomic E-state index is 11.9. The SMILES string of the molecule is C[C@H]1NCCC[C@H]1C(=O)NCC1(C)CC1.Cl. The van der Waals surface area contributed by atoms with Crippen LogP contribution in [0.3, 0.4) is 0 Å². The fourth-order valence-electron chi connectivity index (χ4n) is 2.22. The van der Waals surface area contributed by atoms with Crippen LogP contribution in [0.2, 0.25) is 0 Å². The number of amides is 1. The standard InChI is InChI=1S/C12H22N2O.ClH/c1-9-10(4-3-7-13-9)11(15)14-8-12(2)5-6-12;/h9-10,13H,3-8H2,1-2H3,(H,14,15);1H/t9-,10-;/m1./s1. The normalized spacial score (nSPS) is 31.4. The smallest absolute Gasteiger partial charge is 0.224 e. The predicted octanol–water partition coefficient (Wildman–Crippen LogP) is 1.71. The molecule has 1 saturated carbocycles. The van der Waals surface area contributed by atoms with Crippen molar-refractivity contribution in [3.63, 3.8) is 0 Å². The summed E-state index contributed by atoms with van der Waals surface area (Å²) in [4.78, 5) is 11.9. The third-order valence-corrected chi connectivity index (χ3v) is 3.89. The summed E-state index contributed by atoms with van der Waals surface area (Å²) in [6.07, 6.45) is 4.70. The second-order valence-electron chi connectivity index (χ2n) is 5.52. The van der Waals surface area contributed by atoms with E-state index in [1.165, 1.54) is 12.8 Å². The highest BCUT2D eigenvalue weighted by Crippen LogP contribution is 2.44. The molecule has 16 heavy (non-hydrogen) atoms. The van der Waals surface area contributed by atoms with Crippen molar-refractivity contribution in [2.24, 2.45) is 11.3 Å². The van der Waals surface area contributed by atoms with Gasteiger partial charge in [0.25, 0.3) is 0 Å². The van der Waals surface area contributed by atoms with E-state index in [4.69, 9.17) is 0 Å². The number of piperidine rings is 1. The fourth-order valence-corrected chi connectivity index (χ4v) is 2.22. The van der Waals surface area contributed by atoms with Crippen molar-refractivity contribution in [3.05, 3.63) is 0 Å². The van der Waals surface area contributed by atoms with Crippen molar-refractivity contribution in [2.45, 2.75) is 45.6 Å². The second kappa shape index (κ2) is 5.37.